The van der Waals surface area contributed by atoms with Gasteiger partial charge in [-0.15, -0.1) is 0 Å². The molecule has 0 unspecified atom stereocenters. The van der Waals surface area contributed by atoms with Gasteiger partial charge in [-0.1, -0.05) is 13.0 Å². The van der Waals surface area contributed by atoms with Crippen molar-refractivity contribution in [3.05, 3.63) is 24.4 Å². The summed E-state index contributed by atoms with van der Waals surface area (Å²) in [4.78, 5) is 9.31. The number of fused-ring (bicyclic) bond motifs is 1. The molecule has 0 bridgehead atoms. The van der Waals surface area contributed by atoms with Crippen LogP contribution >= 0.6 is 0 Å². The summed E-state index contributed by atoms with van der Waals surface area (Å²) in [6.45, 7) is 3.62. The molecule has 2 fully saturated rings. The minimum absolute atomic E-state index is 0.00415. The maximum atomic E-state index is 6.23. The lowest BCUT2D eigenvalue weighted by Gasteiger charge is -2.27. The van der Waals surface area contributed by atoms with Crippen LogP contribution in [0.25, 0.3) is 22.2 Å². The van der Waals surface area contributed by atoms with Crippen molar-refractivity contribution in [1.82, 2.24) is 20.3 Å². The van der Waals surface area contributed by atoms with Crippen LogP contribution in [0.5, 0.6) is 5.88 Å². The number of ether oxygens (including phenoxy) is 2. The molecule has 29 heavy (non-hydrogen) atoms. The quantitative estimate of drug-likeness (QED) is 0.696. The molecule has 1 aromatic carbocycles. The van der Waals surface area contributed by atoms with E-state index in [1.165, 1.54) is 12.8 Å². The van der Waals surface area contributed by atoms with Crippen molar-refractivity contribution in [3.63, 3.8) is 0 Å². The van der Waals surface area contributed by atoms with Crippen molar-refractivity contribution in [3.8, 4) is 17.0 Å². The van der Waals surface area contributed by atoms with Crippen molar-refractivity contribution < 1.29 is 14.1 Å². The van der Waals surface area contributed by atoms with Gasteiger partial charge >= 0.3 is 0 Å². The smallest absolute Gasteiger partial charge is 0.226 e. The second-order valence-corrected chi connectivity index (χ2v) is 8.08. The highest BCUT2D eigenvalue weighted by atomic mass is 16.6. The first-order valence-corrected chi connectivity index (χ1v) is 10.4. The van der Waals surface area contributed by atoms with E-state index in [1.54, 1.807) is 0 Å². The lowest BCUT2D eigenvalue weighted by Crippen LogP contribution is -2.26. The van der Waals surface area contributed by atoms with Crippen LogP contribution in [0.1, 0.15) is 39.0 Å². The molecule has 0 spiro atoms. The van der Waals surface area contributed by atoms with Gasteiger partial charge in [0.1, 0.15) is 17.1 Å². The second kappa shape index (κ2) is 7.94. The average molecular weight is 395 g/mol. The van der Waals surface area contributed by atoms with E-state index < -0.39 is 0 Å². The van der Waals surface area contributed by atoms with E-state index in [0.717, 1.165) is 36.3 Å². The van der Waals surface area contributed by atoms with E-state index in [9.17, 15) is 0 Å². The molecule has 5 rings (SSSR count). The highest BCUT2D eigenvalue weighted by molar-refractivity contribution is 5.81. The number of anilines is 1. The molecule has 1 aliphatic carbocycles. The Morgan fingerprint density at radius 1 is 1.07 bits per heavy atom. The minimum Gasteiger partial charge on any atom is -0.471 e. The molecule has 2 aromatic heterocycles. The molecular weight excluding hydrogens is 370 g/mol. The van der Waals surface area contributed by atoms with Gasteiger partial charge in [-0.2, -0.15) is 4.98 Å². The summed E-state index contributed by atoms with van der Waals surface area (Å²) >= 11 is 0. The Labute approximate surface area is 169 Å². The molecule has 1 N–H and O–H groups in total. The Morgan fingerprint density at radius 2 is 1.93 bits per heavy atom. The fourth-order valence-corrected chi connectivity index (χ4v) is 4.02. The van der Waals surface area contributed by atoms with E-state index in [1.807, 2.05) is 24.4 Å². The molecule has 0 radical (unpaired) electrons. The SMILES string of the molecule is C[C@H]1CC[C@H](Nc2ncc(-c3ccc4nonc4c3)c(O[C@@H]3CCOC3)n2)CC1. The van der Waals surface area contributed by atoms with Gasteiger partial charge in [0.25, 0.3) is 0 Å². The maximum absolute atomic E-state index is 6.23. The topological polar surface area (TPSA) is 95.2 Å². The first kappa shape index (κ1) is 18.3. The van der Waals surface area contributed by atoms with Crippen LogP contribution < -0.4 is 10.1 Å². The van der Waals surface area contributed by atoms with E-state index in [2.05, 4.69) is 27.5 Å². The van der Waals surface area contributed by atoms with E-state index in [0.29, 0.717) is 42.1 Å². The molecule has 1 atom stereocenters. The molecule has 3 heterocycles. The van der Waals surface area contributed by atoms with Crippen LogP contribution in [-0.2, 0) is 4.74 Å². The summed E-state index contributed by atoms with van der Waals surface area (Å²) in [6.07, 6.45) is 7.46. The standard InChI is InChI=1S/C21H25N5O3/c1-13-2-5-15(6-3-13)23-21-22-11-17(20(24-21)28-16-8-9-27-12-16)14-4-7-18-19(10-14)26-29-25-18/h4,7,10-11,13,15-16H,2-3,5-6,8-9,12H2,1H3,(H,22,23,24)/t13-,15-,16-/m1/s1. The maximum Gasteiger partial charge on any atom is 0.226 e. The van der Waals surface area contributed by atoms with Gasteiger partial charge in [0.15, 0.2) is 0 Å². The Balaban J connectivity index is 1.44. The zero-order chi connectivity index (χ0) is 19.6. The van der Waals surface area contributed by atoms with Crippen LogP contribution in [0.4, 0.5) is 5.95 Å². The van der Waals surface area contributed by atoms with E-state index in [-0.39, 0.29) is 6.10 Å². The summed E-state index contributed by atoms with van der Waals surface area (Å²) in [5, 5.41) is 11.3. The van der Waals surface area contributed by atoms with Crippen LogP contribution in [0.15, 0.2) is 29.0 Å². The Morgan fingerprint density at radius 3 is 2.76 bits per heavy atom. The molecule has 3 aromatic rings. The first-order valence-electron chi connectivity index (χ1n) is 10.4. The van der Waals surface area contributed by atoms with Crippen molar-refractivity contribution in [1.29, 1.82) is 0 Å². The van der Waals surface area contributed by atoms with Gasteiger partial charge < -0.3 is 14.8 Å². The predicted molar refractivity (Wildman–Crippen MR) is 108 cm³/mol. The molecule has 152 valence electrons. The number of aromatic nitrogens is 4. The third-order valence-electron chi connectivity index (χ3n) is 5.83. The van der Waals surface area contributed by atoms with Gasteiger partial charge in [-0.3, -0.25) is 0 Å². The van der Waals surface area contributed by atoms with Gasteiger partial charge in [0.2, 0.25) is 11.8 Å². The fourth-order valence-electron chi connectivity index (χ4n) is 4.02. The Hall–Kier alpha value is -2.74. The Kier molecular flexibility index (Phi) is 5.01. The first-order chi connectivity index (χ1) is 14.2. The number of hydrogen-bond acceptors (Lipinski definition) is 8. The van der Waals surface area contributed by atoms with Crippen molar-refractivity contribution >= 4 is 17.0 Å². The third kappa shape index (κ3) is 4.03. The molecule has 8 heteroatoms. The lowest BCUT2D eigenvalue weighted by atomic mass is 9.87. The number of hydrogen-bond donors (Lipinski definition) is 1. The van der Waals surface area contributed by atoms with Crippen LogP contribution in [0.2, 0.25) is 0 Å². The van der Waals surface area contributed by atoms with Gasteiger partial charge in [0.05, 0.1) is 18.8 Å². The fraction of sp³-hybridized carbons (Fsp3) is 0.524. The van der Waals surface area contributed by atoms with Crippen LogP contribution in [0.3, 0.4) is 0 Å². The van der Waals surface area contributed by atoms with Gasteiger partial charge in [-0.05, 0) is 59.6 Å². The molecule has 1 saturated heterocycles. The Bertz CT molecular complexity index is 977. The summed E-state index contributed by atoms with van der Waals surface area (Å²) in [5.74, 6) is 1.99. The lowest BCUT2D eigenvalue weighted by molar-refractivity contribution is 0.138. The summed E-state index contributed by atoms with van der Waals surface area (Å²) in [6, 6.07) is 6.16. The highest BCUT2D eigenvalue weighted by Gasteiger charge is 2.23. The normalized spacial score (nSPS) is 24.7. The van der Waals surface area contributed by atoms with Crippen molar-refractivity contribution in [2.45, 2.75) is 51.2 Å². The summed E-state index contributed by atoms with van der Waals surface area (Å²) < 4.78 is 16.5. The monoisotopic (exact) mass is 395 g/mol. The van der Waals surface area contributed by atoms with Gasteiger partial charge in [0, 0.05) is 18.7 Å². The van der Waals surface area contributed by atoms with E-state index in [4.69, 9.17) is 19.1 Å². The zero-order valence-corrected chi connectivity index (χ0v) is 16.5. The van der Waals surface area contributed by atoms with Crippen molar-refractivity contribution in [2.75, 3.05) is 18.5 Å². The van der Waals surface area contributed by atoms with E-state index >= 15 is 0 Å². The average Bonchev–Trinajstić information content (AvgIpc) is 3.41. The molecule has 2 aliphatic rings. The second-order valence-electron chi connectivity index (χ2n) is 8.08. The number of rotatable bonds is 5. The number of nitrogens with one attached hydrogen (secondary N) is 1. The largest absolute Gasteiger partial charge is 0.471 e. The zero-order valence-electron chi connectivity index (χ0n) is 16.5. The van der Waals surface area contributed by atoms with Crippen molar-refractivity contribution in [2.24, 2.45) is 5.92 Å². The number of benzene rings is 1. The van der Waals surface area contributed by atoms with Crippen LogP contribution in [0, 0.1) is 5.92 Å². The van der Waals surface area contributed by atoms with Crippen LogP contribution in [-0.4, -0.2) is 45.6 Å². The summed E-state index contributed by atoms with van der Waals surface area (Å²) in [7, 11) is 0. The number of nitrogens with zero attached hydrogens (tertiary/aromatic N) is 4. The predicted octanol–water partition coefficient (Wildman–Crippen LogP) is 3.84. The molecular formula is C21H25N5O3. The highest BCUT2D eigenvalue weighted by Crippen LogP contribution is 2.32. The molecule has 0 amide bonds. The third-order valence-corrected chi connectivity index (χ3v) is 5.83. The minimum atomic E-state index is 0.00415. The molecule has 1 aliphatic heterocycles. The molecule has 8 nitrogen and oxygen atoms in total. The summed E-state index contributed by atoms with van der Waals surface area (Å²) in [5.41, 5.74) is 3.15. The van der Waals surface area contributed by atoms with Gasteiger partial charge in [-0.25, -0.2) is 9.61 Å². The molecule has 1 saturated carbocycles.